The molecule has 0 aromatic heterocycles. The highest BCUT2D eigenvalue weighted by atomic mass is 32.2. The van der Waals surface area contributed by atoms with Crippen LogP contribution in [0.1, 0.15) is 0 Å². The van der Waals surface area contributed by atoms with Crippen LogP contribution < -0.4 is 0 Å². The summed E-state index contributed by atoms with van der Waals surface area (Å²) in [6.45, 7) is 0. The molecule has 56 valence electrons. The van der Waals surface area contributed by atoms with Crippen LogP contribution in [-0.2, 0) is 0 Å². The molecule has 0 spiro atoms. The third-order valence-corrected chi connectivity index (χ3v) is 1.92. The molecule has 1 rings (SSSR count). The lowest BCUT2D eigenvalue weighted by molar-refractivity contribution is 0.195. The Morgan fingerprint density at radius 1 is 1.70 bits per heavy atom. The molecule has 0 N–H and O–H groups in total. The van der Waals surface area contributed by atoms with Crippen LogP contribution in [0, 0.1) is 0 Å². The Bertz CT molecular complexity index is 167. The maximum atomic E-state index is 11.1. The zero-order valence-corrected chi connectivity index (χ0v) is 6.89. The first-order chi connectivity index (χ1) is 4.72. The highest BCUT2D eigenvalue weighted by molar-refractivity contribution is 8.02. The summed E-state index contributed by atoms with van der Waals surface area (Å²) < 4.78 is 0. The van der Waals surface area contributed by atoms with Crippen molar-refractivity contribution in [3.63, 3.8) is 0 Å². The average Bonchev–Trinajstić information content (AvgIpc) is 2.36. The smallest absolute Gasteiger partial charge is 0.324 e. The molecule has 1 aliphatic rings. The van der Waals surface area contributed by atoms with Crippen LogP contribution in [0.3, 0.4) is 0 Å². The zero-order chi connectivity index (χ0) is 7.56. The van der Waals surface area contributed by atoms with Crippen molar-refractivity contribution < 1.29 is 4.79 Å². The van der Waals surface area contributed by atoms with E-state index in [1.165, 1.54) is 0 Å². The number of nitrogens with zero attached hydrogens (tertiary/aromatic N) is 2. The minimum absolute atomic E-state index is 0.0428. The fraction of sp³-hybridized carbons (Fsp3) is 0.500. The number of carbonyl (C=O) groups is 1. The summed E-state index contributed by atoms with van der Waals surface area (Å²) >= 11 is 1.63. The zero-order valence-electron chi connectivity index (χ0n) is 6.07. The Hall–Kier alpha value is -0.640. The molecule has 0 bridgehead atoms. The van der Waals surface area contributed by atoms with Crippen LogP contribution in [0.2, 0.25) is 0 Å². The standard InChI is InChI=1S/C6H10N2OS/c1-7(2)6(9)8-3-4-10-5-8/h3-4H,5H2,1-2H3. The Morgan fingerprint density at radius 2 is 2.40 bits per heavy atom. The van der Waals surface area contributed by atoms with E-state index in [1.807, 2.05) is 5.41 Å². The first-order valence-corrected chi connectivity index (χ1v) is 4.03. The third-order valence-electron chi connectivity index (χ3n) is 1.18. The van der Waals surface area contributed by atoms with Gasteiger partial charge in [-0.3, -0.25) is 4.90 Å². The Balaban J connectivity index is 2.49. The van der Waals surface area contributed by atoms with Crippen LogP contribution in [0.4, 0.5) is 4.79 Å². The van der Waals surface area contributed by atoms with Crippen molar-refractivity contribution in [1.29, 1.82) is 0 Å². The van der Waals surface area contributed by atoms with Gasteiger partial charge in [0.15, 0.2) is 0 Å². The van der Waals surface area contributed by atoms with Crippen molar-refractivity contribution in [1.82, 2.24) is 9.80 Å². The predicted molar refractivity (Wildman–Crippen MR) is 42.5 cm³/mol. The molecule has 0 radical (unpaired) electrons. The van der Waals surface area contributed by atoms with Crippen molar-refractivity contribution in [2.45, 2.75) is 0 Å². The van der Waals surface area contributed by atoms with Gasteiger partial charge in [-0.1, -0.05) is 0 Å². The van der Waals surface area contributed by atoms with E-state index in [-0.39, 0.29) is 6.03 Å². The molecule has 4 heteroatoms. The lowest BCUT2D eigenvalue weighted by Gasteiger charge is -2.17. The van der Waals surface area contributed by atoms with Crippen molar-refractivity contribution in [2.24, 2.45) is 0 Å². The largest absolute Gasteiger partial charge is 0.330 e. The highest BCUT2D eigenvalue weighted by Gasteiger charge is 2.14. The van der Waals surface area contributed by atoms with Gasteiger partial charge in [0.25, 0.3) is 0 Å². The SMILES string of the molecule is CN(C)C(=O)N1C=CSC1. The quantitative estimate of drug-likeness (QED) is 0.528. The number of rotatable bonds is 0. The number of carbonyl (C=O) groups excluding carboxylic acids is 1. The normalized spacial score (nSPS) is 16.0. The topological polar surface area (TPSA) is 23.6 Å². The van der Waals surface area contributed by atoms with Gasteiger partial charge in [0.1, 0.15) is 0 Å². The molecule has 0 saturated heterocycles. The first kappa shape index (κ1) is 7.47. The fourth-order valence-electron chi connectivity index (χ4n) is 0.659. The first-order valence-electron chi connectivity index (χ1n) is 2.98. The van der Waals surface area contributed by atoms with E-state index >= 15 is 0 Å². The molecule has 0 saturated carbocycles. The summed E-state index contributed by atoms with van der Waals surface area (Å²) in [5.74, 6) is 0.747. The van der Waals surface area contributed by atoms with Crippen molar-refractivity contribution >= 4 is 17.8 Å². The van der Waals surface area contributed by atoms with E-state index in [4.69, 9.17) is 0 Å². The number of urea groups is 1. The molecule has 0 aromatic carbocycles. The van der Waals surface area contributed by atoms with E-state index in [0.717, 1.165) is 5.88 Å². The van der Waals surface area contributed by atoms with Crippen LogP contribution in [0.5, 0.6) is 0 Å². The Morgan fingerprint density at radius 3 is 2.80 bits per heavy atom. The highest BCUT2D eigenvalue weighted by Crippen LogP contribution is 2.15. The van der Waals surface area contributed by atoms with Crippen molar-refractivity contribution in [3.05, 3.63) is 11.6 Å². The molecular formula is C6H10N2OS. The summed E-state index contributed by atoms with van der Waals surface area (Å²) in [7, 11) is 3.50. The van der Waals surface area contributed by atoms with Gasteiger partial charge in [0.05, 0.1) is 5.88 Å². The molecule has 0 aromatic rings. The second-order valence-electron chi connectivity index (χ2n) is 2.23. The second-order valence-corrected chi connectivity index (χ2v) is 3.09. The van der Waals surface area contributed by atoms with Gasteiger partial charge >= 0.3 is 6.03 Å². The molecule has 2 amide bonds. The van der Waals surface area contributed by atoms with Gasteiger partial charge in [-0.05, 0) is 5.41 Å². The minimum atomic E-state index is 0.0428. The summed E-state index contributed by atoms with van der Waals surface area (Å²) in [6.07, 6.45) is 1.80. The second kappa shape index (κ2) is 2.96. The Labute approximate surface area is 64.7 Å². The van der Waals surface area contributed by atoms with Gasteiger partial charge in [-0.2, -0.15) is 0 Å². The molecule has 1 heterocycles. The van der Waals surface area contributed by atoms with E-state index < -0.39 is 0 Å². The summed E-state index contributed by atoms with van der Waals surface area (Å²) in [5, 5.41) is 1.92. The molecule has 0 fully saturated rings. The van der Waals surface area contributed by atoms with Gasteiger partial charge in [0.2, 0.25) is 0 Å². The summed E-state index contributed by atoms with van der Waals surface area (Å²) in [5.41, 5.74) is 0. The number of amides is 2. The number of hydrogen-bond acceptors (Lipinski definition) is 2. The predicted octanol–water partition coefficient (Wildman–Crippen LogP) is 1.15. The average molecular weight is 158 g/mol. The van der Waals surface area contributed by atoms with E-state index in [0.29, 0.717) is 0 Å². The van der Waals surface area contributed by atoms with Crippen molar-refractivity contribution in [2.75, 3.05) is 20.0 Å². The van der Waals surface area contributed by atoms with E-state index in [1.54, 1.807) is 41.9 Å². The van der Waals surface area contributed by atoms with Crippen LogP contribution in [0.25, 0.3) is 0 Å². The van der Waals surface area contributed by atoms with Crippen LogP contribution in [0.15, 0.2) is 11.6 Å². The monoisotopic (exact) mass is 158 g/mol. The maximum absolute atomic E-state index is 11.1. The third kappa shape index (κ3) is 1.44. The molecule has 3 nitrogen and oxygen atoms in total. The molecule has 0 unspecified atom stereocenters. The molecule has 10 heavy (non-hydrogen) atoms. The number of thioether (sulfide) groups is 1. The maximum Gasteiger partial charge on any atom is 0.324 e. The summed E-state index contributed by atoms with van der Waals surface area (Å²) in [6, 6.07) is 0.0428. The van der Waals surface area contributed by atoms with Gasteiger partial charge in [-0.15, -0.1) is 11.8 Å². The lowest BCUT2D eigenvalue weighted by atomic mass is 10.7. The Kier molecular flexibility index (Phi) is 2.21. The fourth-order valence-corrected chi connectivity index (χ4v) is 1.33. The van der Waals surface area contributed by atoms with E-state index in [9.17, 15) is 4.79 Å². The van der Waals surface area contributed by atoms with Gasteiger partial charge in [0, 0.05) is 20.3 Å². The minimum Gasteiger partial charge on any atom is -0.330 e. The summed E-state index contributed by atoms with van der Waals surface area (Å²) in [4.78, 5) is 14.4. The lowest BCUT2D eigenvalue weighted by Crippen LogP contribution is -2.33. The van der Waals surface area contributed by atoms with Crippen LogP contribution >= 0.6 is 11.8 Å². The molecular weight excluding hydrogens is 148 g/mol. The molecule has 1 aliphatic heterocycles. The van der Waals surface area contributed by atoms with Crippen molar-refractivity contribution in [3.8, 4) is 0 Å². The molecule has 0 aliphatic carbocycles. The number of hydrogen-bond donors (Lipinski definition) is 0. The van der Waals surface area contributed by atoms with Gasteiger partial charge in [-0.25, -0.2) is 4.79 Å². The van der Waals surface area contributed by atoms with Crippen LogP contribution in [-0.4, -0.2) is 35.8 Å². The van der Waals surface area contributed by atoms with E-state index in [2.05, 4.69) is 0 Å². The van der Waals surface area contributed by atoms with Gasteiger partial charge < -0.3 is 4.90 Å². The molecule has 0 atom stereocenters.